The van der Waals surface area contributed by atoms with E-state index in [2.05, 4.69) is 165 Å². The van der Waals surface area contributed by atoms with Crippen molar-refractivity contribution in [3.05, 3.63) is 158 Å². The van der Waals surface area contributed by atoms with E-state index in [-0.39, 0.29) is 6.10 Å². The predicted octanol–water partition coefficient (Wildman–Crippen LogP) is 7.03. The van der Waals surface area contributed by atoms with Crippen LogP contribution in [0.5, 0.6) is 11.5 Å². The van der Waals surface area contributed by atoms with Crippen molar-refractivity contribution in [3.63, 3.8) is 0 Å². The molecule has 1 aliphatic rings. The third kappa shape index (κ3) is 5.62. The molecule has 0 spiro atoms. The second-order valence-electron chi connectivity index (χ2n) is 10.6. The summed E-state index contributed by atoms with van der Waals surface area (Å²) in [5.41, 5.74) is 2.27. The molecule has 0 fully saturated rings. The van der Waals surface area contributed by atoms with Crippen LogP contribution in [0, 0.1) is 0 Å². The Hall–Kier alpha value is -4.22. The summed E-state index contributed by atoms with van der Waals surface area (Å²) >= 11 is 0. The Kier molecular flexibility index (Phi) is 8.07. The van der Waals surface area contributed by atoms with E-state index < -0.39 is 15.8 Å². The monoisotopic (exact) mass is 594 g/mol. The molecular weight excluding hydrogens is 562 g/mol. The van der Waals surface area contributed by atoms with E-state index in [0.717, 1.165) is 22.6 Å². The minimum Gasteiger partial charge on any atom is -0.489 e. The van der Waals surface area contributed by atoms with Crippen molar-refractivity contribution < 1.29 is 9.47 Å². The first kappa shape index (κ1) is 27.6. The van der Waals surface area contributed by atoms with Crippen molar-refractivity contribution >= 4 is 47.7 Å². The zero-order valence-corrected chi connectivity index (χ0v) is 25.8. The Balaban J connectivity index is 1.55. The van der Waals surface area contributed by atoms with Gasteiger partial charge in [0.2, 0.25) is 0 Å². The lowest BCUT2D eigenvalue weighted by Crippen LogP contribution is -2.30. The normalized spacial score (nSPS) is 14.2. The fourth-order valence-electron chi connectivity index (χ4n) is 5.75. The summed E-state index contributed by atoms with van der Waals surface area (Å²) in [6.45, 7) is 2.57. The summed E-state index contributed by atoms with van der Waals surface area (Å²) in [5, 5.41) is 7.77. The largest absolute Gasteiger partial charge is 0.489 e. The fraction of sp³-hybridized carbons (Fsp3) is 0.0769. The van der Waals surface area contributed by atoms with Gasteiger partial charge in [-0.2, -0.15) is 0 Å². The quantitative estimate of drug-likeness (QED) is 0.193. The van der Waals surface area contributed by atoms with E-state index in [1.807, 2.05) is 0 Å². The van der Waals surface area contributed by atoms with Crippen molar-refractivity contribution in [1.82, 2.24) is 0 Å². The molecule has 0 aromatic heterocycles. The van der Waals surface area contributed by atoms with E-state index in [9.17, 15) is 0 Å². The molecule has 0 saturated heterocycles. The molecule has 0 aliphatic carbocycles. The number of rotatable bonds is 6. The Bertz CT molecular complexity index is 1730. The molecule has 210 valence electrons. The predicted molar refractivity (Wildman–Crippen MR) is 185 cm³/mol. The Morgan fingerprint density at radius 2 is 0.814 bits per heavy atom. The number of hydrogen-bond donors (Lipinski definition) is 0. The summed E-state index contributed by atoms with van der Waals surface area (Å²) in [5.74, 6) is 1.83. The number of benzene rings is 6. The van der Waals surface area contributed by atoms with Gasteiger partial charge in [0.05, 0.1) is 0 Å². The van der Waals surface area contributed by atoms with Crippen molar-refractivity contribution in [2.75, 3.05) is 6.61 Å². The van der Waals surface area contributed by atoms with Crippen LogP contribution in [0.3, 0.4) is 0 Å². The Morgan fingerprint density at radius 1 is 0.442 bits per heavy atom. The summed E-state index contributed by atoms with van der Waals surface area (Å²) < 4.78 is 13.3. The van der Waals surface area contributed by atoms with Gasteiger partial charge in [-0.25, -0.2) is 0 Å². The zero-order chi connectivity index (χ0) is 29.0. The van der Waals surface area contributed by atoms with E-state index in [0.29, 0.717) is 6.61 Å². The molecule has 2 nitrogen and oxygen atoms in total. The summed E-state index contributed by atoms with van der Waals surface area (Å²) in [6, 6.07) is 56.8. The Morgan fingerprint density at radius 3 is 1.23 bits per heavy atom. The van der Waals surface area contributed by atoms with Gasteiger partial charge in [-0.15, -0.1) is 0 Å². The first-order chi connectivity index (χ1) is 21.3. The average Bonchev–Trinajstić information content (AvgIpc) is 3.06. The summed E-state index contributed by atoms with van der Waals surface area (Å²) in [4.78, 5) is 0. The highest BCUT2D eigenvalue weighted by Gasteiger charge is 2.31. The van der Waals surface area contributed by atoms with E-state index in [1.54, 1.807) is 0 Å². The molecular formula is C39H32O2P2. The minimum atomic E-state index is -0.888. The van der Waals surface area contributed by atoms with Gasteiger partial charge >= 0.3 is 0 Å². The van der Waals surface area contributed by atoms with Crippen molar-refractivity contribution in [1.29, 1.82) is 0 Å². The molecule has 43 heavy (non-hydrogen) atoms. The molecule has 1 atom stereocenters. The maximum Gasteiger partial charge on any atom is 0.130 e. The summed E-state index contributed by atoms with van der Waals surface area (Å²) in [6.07, 6.45) is -0.0877. The SMILES string of the molecule is CC1COc2cccc(P(c3ccccc3)c3ccccc3)c2-c2c(cccc2P(c2ccccc2)c2ccccc2)O1. The van der Waals surface area contributed by atoms with Gasteiger partial charge in [-0.1, -0.05) is 146 Å². The van der Waals surface area contributed by atoms with Gasteiger partial charge in [-0.3, -0.25) is 0 Å². The first-order valence-electron chi connectivity index (χ1n) is 14.6. The third-order valence-electron chi connectivity index (χ3n) is 7.60. The highest BCUT2D eigenvalue weighted by molar-refractivity contribution is 7.80. The molecule has 0 radical (unpaired) electrons. The fourth-order valence-corrected chi connectivity index (χ4v) is 10.7. The first-order valence-corrected chi connectivity index (χ1v) is 17.3. The van der Waals surface area contributed by atoms with Crippen LogP contribution < -0.4 is 41.3 Å². The van der Waals surface area contributed by atoms with Crippen LogP contribution in [-0.2, 0) is 0 Å². The topological polar surface area (TPSA) is 18.5 Å². The maximum atomic E-state index is 6.69. The van der Waals surface area contributed by atoms with Gasteiger partial charge in [0, 0.05) is 11.1 Å². The molecule has 7 rings (SSSR count). The molecule has 1 aliphatic heterocycles. The average molecular weight is 595 g/mol. The molecule has 0 saturated carbocycles. The number of hydrogen-bond acceptors (Lipinski definition) is 2. The van der Waals surface area contributed by atoms with Crippen LogP contribution in [0.15, 0.2) is 158 Å². The second-order valence-corrected chi connectivity index (χ2v) is 14.9. The highest BCUT2D eigenvalue weighted by atomic mass is 31.1. The third-order valence-corrected chi connectivity index (χ3v) is 12.6. The lowest BCUT2D eigenvalue weighted by atomic mass is 10.0. The van der Waals surface area contributed by atoms with Crippen LogP contribution in [0.2, 0.25) is 0 Å². The zero-order valence-electron chi connectivity index (χ0n) is 24.0. The smallest absolute Gasteiger partial charge is 0.130 e. The van der Waals surface area contributed by atoms with Crippen molar-refractivity contribution in [2.45, 2.75) is 13.0 Å². The lowest BCUT2D eigenvalue weighted by Gasteiger charge is -2.31. The van der Waals surface area contributed by atoms with Crippen LogP contribution in [0.25, 0.3) is 11.1 Å². The van der Waals surface area contributed by atoms with Gasteiger partial charge in [-0.05, 0) is 66.7 Å². The van der Waals surface area contributed by atoms with E-state index >= 15 is 0 Å². The van der Waals surface area contributed by atoms with Gasteiger partial charge in [0.15, 0.2) is 0 Å². The van der Waals surface area contributed by atoms with Crippen LogP contribution in [0.1, 0.15) is 6.92 Å². The number of ether oxygens (including phenoxy) is 2. The molecule has 4 heteroatoms. The second kappa shape index (κ2) is 12.6. The standard InChI is InChI=1S/C39H32O2P2/c1-29-28-40-34-24-14-26-36(42(30-16-6-2-7-17-30)31-18-8-3-9-19-31)38(34)39-35(41-29)25-15-27-37(39)43(32-20-10-4-11-21-32)33-22-12-5-13-23-33/h2-27,29H,28H2,1H3. The molecule has 6 aromatic rings. The van der Waals surface area contributed by atoms with E-state index in [4.69, 9.17) is 9.47 Å². The lowest BCUT2D eigenvalue weighted by molar-refractivity contribution is 0.141. The van der Waals surface area contributed by atoms with Crippen molar-refractivity contribution in [3.8, 4) is 22.6 Å². The summed E-state index contributed by atoms with van der Waals surface area (Å²) in [7, 11) is -1.77. The van der Waals surface area contributed by atoms with Gasteiger partial charge in [0.25, 0.3) is 0 Å². The van der Waals surface area contributed by atoms with Crippen LogP contribution >= 0.6 is 15.8 Å². The Labute approximate surface area is 256 Å². The molecule has 1 heterocycles. The molecule has 6 aromatic carbocycles. The number of fused-ring (bicyclic) bond motifs is 3. The molecule has 0 amide bonds. The van der Waals surface area contributed by atoms with E-state index in [1.165, 1.54) is 31.8 Å². The minimum absolute atomic E-state index is 0.0877. The molecule has 1 unspecified atom stereocenters. The molecule has 0 bridgehead atoms. The van der Waals surface area contributed by atoms with Crippen molar-refractivity contribution in [2.24, 2.45) is 0 Å². The van der Waals surface area contributed by atoms with Crippen LogP contribution in [0.4, 0.5) is 0 Å². The maximum absolute atomic E-state index is 6.69. The highest BCUT2D eigenvalue weighted by Crippen LogP contribution is 2.47. The molecule has 0 N–H and O–H groups in total. The van der Waals surface area contributed by atoms with Gasteiger partial charge < -0.3 is 9.47 Å². The van der Waals surface area contributed by atoms with Crippen LogP contribution in [-0.4, -0.2) is 12.7 Å². The van der Waals surface area contributed by atoms with Gasteiger partial charge in [0.1, 0.15) is 24.2 Å².